The van der Waals surface area contributed by atoms with Gasteiger partial charge < -0.3 is 4.90 Å². The second-order valence-corrected chi connectivity index (χ2v) is 14.2. The molecular formula is C46H37N. The first kappa shape index (κ1) is 27.9. The third kappa shape index (κ3) is 4.02. The second kappa shape index (κ2) is 10.0. The molecule has 0 aromatic heterocycles. The van der Waals surface area contributed by atoms with E-state index in [4.69, 9.17) is 0 Å². The van der Waals surface area contributed by atoms with Crippen LogP contribution in [0.25, 0.3) is 44.2 Å². The Hall–Kier alpha value is -5.40. The third-order valence-electron chi connectivity index (χ3n) is 10.9. The van der Waals surface area contributed by atoms with Crippen LogP contribution in [0.4, 0.5) is 17.1 Å². The largest absolute Gasteiger partial charge is 0.310 e. The van der Waals surface area contributed by atoms with Gasteiger partial charge in [-0.1, -0.05) is 149 Å². The molecule has 7 aromatic carbocycles. The Labute approximate surface area is 277 Å². The standard InChI is InChI=1S/C46H37N/c1-45(2)39-19-11-10-18-37(39)38-28-42-44(29-41(38)45)47(43-21-13-12-20-40(43)46(42,3)4)32-24-22-31(23-25-32)34-27-26-33(30-14-6-5-7-15-30)35-16-8-9-17-36(34)35/h5-29H,1-4H3. The van der Waals surface area contributed by atoms with Crippen LogP contribution in [0, 0.1) is 0 Å². The maximum Gasteiger partial charge on any atom is 0.0506 e. The zero-order valence-electron chi connectivity index (χ0n) is 27.4. The molecule has 1 heterocycles. The third-order valence-corrected chi connectivity index (χ3v) is 10.9. The predicted molar refractivity (Wildman–Crippen MR) is 199 cm³/mol. The molecule has 0 saturated heterocycles. The topological polar surface area (TPSA) is 3.24 Å². The first-order valence-electron chi connectivity index (χ1n) is 16.7. The van der Waals surface area contributed by atoms with Crippen molar-refractivity contribution in [2.24, 2.45) is 0 Å². The van der Waals surface area contributed by atoms with Gasteiger partial charge in [0.25, 0.3) is 0 Å². The van der Waals surface area contributed by atoms with Crippen LogP contribution in [0.2, 0.25) is 0 Å². The van der Waals surface area contributed by atoms with Crippen molar-refractivity contribution in [3.05, 3.63) is 174 Å². The van der Waals surface area contributed by atoms with Crippen LogP contribution in [0.15, 0.2) is 152 Å². The van der Waals surface area contributed by atoms with Crippen molar-refractivity contribution in [2.75, 3.05) is 4.90 Å². The average Bonchev–Trinajstić information content (AvgIpc) is 3.33. The Balaban J connectivity index is 1.20. The molecule has 1 aliphatic carbocycles. The molecule has 1 heteroatoms. The molecule has 47 heavy (non-hydrogen) atoms. The number of hydrogen-bond donors (Lipinski definition) is 0. The Morgan fingerprint density at radius 2 is 0.915 bits per heavy atom. The Bertz CT molecular complexity index is 2340. The maximum absolute atomic E-state index is 2.50. The summed E-state index contributed by atoms with van der Waals surface area (Å²) < 4.78 is 0. The van der Waals surface area contributed by atoms with Gasteiger partial charge in [-0.3, -0.25) is 0 Å². The minimum absolute atomic E-state index is 0.0649. The van der Waals surface area contributed by atoms with Gasteiger partial charge >= 0.3 is 0 Å². The molecule has 0 fully saturated rings. The highest BCUT2D eigenvalue weighted by Crippen LogP contribution is 2.57. The summed E-state index contributed by atoms with van der Waals surface area (Å²) in [7, 11) is 0. The van der Waals surface area contributed by atoms with Crippen molar-refractivity contribution in [2.45, 2.75) is 38.5 Å². The van der Waals surface area contributed by atoms with Gasteiger partial charge in [-0.15, -0.1) is 0 Å². The van der Waals surface area contributed by atoms with Crippen LogP contribution in [0.1, 0.15) is 49.9 Å². The Morgan fingerprint density at radius 1 is 0.362 bits per heavy atom. The van der Waals surface area contributed by atoms with E-state index in [1.165, 1.54) is 83.5 Å². The molecule has 0 unspecified atom stereocenters. The van der Waals surface area contributed by atoms with E-state index < -0.39 is 0 Å². The van der Waals surface area contributed by atoms with Crippen molar-refractivity contribution in [3.63, 3.8) is 0 Å². The highest BCUT2D eigenvalue weighted by Gasteiger charge is 2.42. The normalized spacial score (nSPS) is 15.1. The van der Waals surface area contributed by atoms with E-state index in [-0.39, 0.29) is 10.8 Å². The van der Waals surface area contributed by atoms with E-state index in [2.05, 4.69) is 184 Å². The summed E-state index contributed by atoms with van der Waals surface area (Å²) in [6, 6.07) is 56.2. The molecule has 0 spiro atoms. The van der Waals surface area contributed by atoms with E-state index >= 15 is 0 Å². The molecule has 0 atom stereocenters. The molecular weight excluding hydrogens is 567 g/mol. The lowest BCUT2D eigenvalue weighted by atomic mass is 9.72. The smallest absolute Gasteiger partial charge is 0.0506 e. The number of nitrogens with zero attached hydrogens (tertiary/aromatic N) is 1. The molecule has 2 aliphatic rings. The van der Waals surface area contributed by atoms with Gasteiger partial charge in [0.15, 0.2) is 0 Å². The van der Waals surface area contributed by atoms with Crippen LogP contribution in [-0.4, -0.2) is 0 Å². The van der Waals surface area contributed by atoms with Crippen molar-refractivity contribution in [1.82, 2.24) is 0 Å². The minimum Gasteiger partial charge on any atom is -0.310 e. The van der Waals surface area contributed by atoms with E-state index in [1.807, 2.05) is 0 Å². The van der Waals surface area contributed by atoms with Crippen LogP contribution in [-0.2, 0) is 10.8 Å². The summed E-state index contributed by atoms with van der Waals surface area (Å²) >= 11 is 0. The summed E-state index contributed by atoms with van der Waals surface area (Å²) in [5, 5.41) is 2.55. The molecule has 9 rings (SSSR count). The number of para-hydroxylation sites is 1. The van der Waals surface area contributed by atoms with Crippen molar-refractivity contribution in [1.29, 1.82) is 0 Å². The summed E-state index contributed by atoms with van der Waals surface area (Å²) in [5.74, 6) is 0. The van der Waals surface area contributed by atoms with E-state index in [0.717, 1.165) is 0 Å². The predicted octanol–water partition coefficient (Wildman–Crippen LogP) is 12.6. The van der Waals surface area contributed by atoms with Crippen LogP contribution >= 0.6 is 0 Å². The summed E-state index contributed by atoms with van der Waals surface area (Å²) in [6.07, 6.45) is 0. The average molecular weight is 604 g/mol. The molecule has 1 nitrogen and oxygen atoms in total. The highest BCUT2D eigenvalue weighted by atomic mass is 15.2. The molecule has 0 bridgehead atoms. The minimum atomic E-state index is -0.140. The van der Waals surface area contributed by atoms with Crippen molar-refractivity contribution < 1.29 is 0 Å². The summed E-state index contributed by atoms with van der Waals surface area (Å²) in [4.78, 5) is 2.50. The zero-order valence-corrected chi connectivity index (χ0v) is 27.4. The van der Waals surface area contributed by atoms with Gasteiger partial charge in [0, 0.05) is 16.5 Å². The molecule has 0 N–H and O–H groups in total. The van der Waals surface area contributed by atoms with Crippen molar-refractivity contribution in [3.8, 4) is 33.4 Å². The molecule has 7 aromatic rings. The Kier molecular flexibility index (Phi) is 5.96. The van der Waals surface area contributed by atoms with Gasteiger partial charge in [0.2, 0.25) is 0 Å². The van der Waals surface area contributed by atoms with E-state index in [9.17, 15) is 0 Å². The van der Waals surface area contributed by atoms with E-state index in [0.29, 0.717) is 0 Å². The first-order chi connectivity index (χ1) is 22.8. The highest BCUT2D eigenvalue weighted by molar-refractivity contribution is 6.05. The van der Waals surface area contributed by atoms with Crippen LogP contribution in [0.3, 0.4) is 0 Å². The van der Waals surface area contributed by atoms with Gasteiger partial charge in [0.05, 0.1) is 11.4 Å². The van der Waals surface area contributed by atoms with Crippen LogP contribution in [0.5, 0.6) is 0 Å². The molecule has 1 aliphatic heterocycles. The molecule has 0 radical (unpaired) electrons. The fraction of sp³-hybridized carbons (Fsp3) is 0.130. The maximum atomic E-state index is 2.50. The first-order valence-corrected chi connectivity index (χ1v) is 16.7. The van der Waals surface area contributed by atoms with E-state index in [1.54, 1.807) is 0 Å². The second-order valence-electron chi connectivity index (χ2n) is 14.2. The lowest BCUT2D eigenvalue weighted by Crippen LogP contribution is -2.31. The number of fused-ring (bicyclic) bond motifs is 6. The molecule has 0 saturated carbocycles. The lowest BCUT2D eigenvalue weighted by molar-refractivity contribution is 0.627. The molecule has 0 amide bonds. The number of rotatable bonds is 3. The van der Waals surface area contributed by atoms with Gasteiger partial charge in [-0.25, -0.2) is 0 Å². The summed E-state index contributed by atoms with van der Waals surface area (Å²) in [5.41, 5.74) is 16.8. The van der Waals surface area contributed by atoms with Gasteiger partial charge in [0.1, 0.15) is 0 Å². The molecule has 226 valence electrons. The lowest BCUT2D eigenvalue weighted by Gasteiger charge is -2.43. The zero-order chi connectivity index (χ0) is 31.9. The summed E-state index contributed by atoms with van der Waals surface area (Å²) in [6.45, 7) is 9.51. The SMILES string of the molecule is CC1(C)c2ccccc2-c2cc3c(cc21)N(c1ccc(-c2ccc(-c4ccccc4)c4ccccc24)cc1)c1ccccc1C3(C)C. The van der Waals surface area contributed by atoms with Crippen molar-refractivity contribution >= 4 is 27.8 Å². The fourth-order valence-corrected chi connectivity index (χ4v) is 8.38. The Morgan fingerprint density at radius 3 is 1.62 bits per heavy atom. The monoisotopic (exact) mass is 603 g/mol. The quantitative estimate of drug-likeness (QED) is 0.194. The van der Waals surface area contributed by atoms with Gasteiger partial charge in [-0.2, -0.15) is 0 Å². The number of hydrogen-bond acceptors (Lipinski definition) is 1. The van der Waals surface area contributed by atoms with Gasteiger partial charge in [-0.05, 0) is 96.7 Å². The fourth-order valence-electron chi connectivity index (χ4n) is 8.38. The number of benzene rings is 7. The van der Waals surface area contributed by atoms with Crippen LogP contribution < -0.4 is 4.90 Å². The number of anilines is 3.